The van der Waals surface area contributed by atoms with E-state index in [9.17, 15) is 9.90 Å². The Hall–Kier alpha value is -1.14. The van der Waals surface area contributed by atoms with Crippen molar-refractivity contribution >= 4 is 17.4 Å². The summed E-state index contributed by atoms with van der Waals surface area (Å²) in [7, 11) is 0. The van der Waals surface area contributed by atoms with Crippen molar-refractivity contribution < 1.29 is 9.90 Å². The van der Waals surface area contributed by atoms with Gasteiger partial charge < -0.3 is 15.7 Å². The summed E-state index contributed by atoms with van der Waals surface area (Å²) in [5.74, 6) is 0.0821. The van der Waals surface area contributed by atoms with Crippen molar-refractivity contribution in [2.75, 3.05) is 13.1 Å². The van der Waals surface area contributed by atoms with Gasteiger partial charge in [-0.25, -0.2) is 9.78 Å². The maximum Gasteiger partial charge on any atom is 0.314 e. The zero-order valence-electron chi connectivity index (χ0n) is 14.5. The summed E-state index contributed by atoms with van der Waals surface area (Å²) in [6, 6.07) is -0.257. The molecule has 0 aliphatic heterocycles. The molecule has 3 N–H and O–H groups in total. The molecule has 0 aliphatic rings. The van der Waals surface area contributed by atoms with Gasteiger partial charge in [-0.05, 0) is 12.8 Å². The van der Waals surface area contributed by atoms with E-state index in [1.165, 1.54) is 0 Å². The predicted octanol–water partition coefficient (Wildman–Crippen LogP) is 2.69. The second kappa shape index (κ2) is 7.42. The van der Waals surface area contributed by atoms with Gasteiger partial charge in [0.2, 0.25) is 0 Å². The van der Waals surface area contributed by atoms with Crippen LogP contribution < -0.4 is 10.6 Å². The van der Waals surface area contributed by atoms with Crippen LogP contribution in [0.25, 0.3) is 0 Å². The summed E-state index contributed by atoms with van der Waals surface area (Å²) in [5.41, 5.74) is 0.175. The molecule has 6 heteroatoms. The number of thiazole rings is 1. The number of carbonyl (C=O) groups excluding carboxylic acids is 1. The Balaban J connectivity index is 2.32. The average molecular weight is 327 g/mol. The normalized spacial score (nSPS) is 14.7. The fourth-order valence-electron chi connectivity index (χ4n) is 1.60. The van der Waals surface area contributed by atoms with Crippen LogP contribution in [-0.4, -0.2) is 34.8 Å². The van der Waals surface area contributed by atoms with Crippen molar-refractivity contribution in [1.82, 2.24) is 15.6 Å². The highest BCUT2D eigenvalue weighted by molar-refractivity contribution is 7.09. The molecule has 0 radical (unpaired) electrons. The standard InChI is InChI=1S/C16H29N3O2S/c1-11(2)16(6,21)10-18-14(20)17-8-7-12-9-22-13(19-12)15(3,4)5/h9,11,21H,7-8,10H2,1-6H3,(H2,17,18,20). The average Bonchev–Trinajstić information content (AvgIpc) is 2.85. The first-order valence-electron chi connectivity index (χ1n) is 7.71. The third kappa shape index (κ3) is 5.93. The highest BCUT2D eigenvalue weighted by Crippen LogP contribution is 2.25. The van der Waals surface area contributed by atoms with Crippen molar-refractivity contribution in [2.45, 2.75) is 59.0 Å². The van der Waals surface area contributed by atoms with Gasteiger partial charge in [-0.3, -0.25) is 0 Å². The van der Waals surface area contributed by atoms with Crippen LogP contribution in [0.1, 0.15) is 52.2 Å². The lowest BCUT2D eigenvalue weighted by Crippen LogP contribution is -2.47. The van der Waals surface area contributed by atoms with Gasteiger partial charge in [0.05, 0.1) is 16.3 Å². The SMILES string of the molecule is CC(C)C(C)(O)CNC(=O)NCCc1csc(C(C)(C)C)n1. The van der Waals surface area contributed by atoms with Crippen molar-refractivity contribution in [3.63, 3.8) is 0 Å². The molecule has 0 saturated carbocycles. The number of aromatic nitrogens is 1. The Morgan fingerprint density at radius 2 is 1.95 bits per heavy atom. The third-order valence-corrected chi connectivity index (χ3v) is 5.03. The molecule has 0 aliphatic carbocycles. The van der Waals surface area contributed by atoms with Crippen LogP contribution in [0.15, 0.2) is 5.38 Å². The molecule has 2 amide bonds. The number of carbonyl (C=O) groups is 1. The summed E-state index contributed by atoms with van der Waals surface area (Å²) in [4.78, 5) is 16.3. The number of nitrogens with zero attached hydrogens (tertiary/aromatic N) is 1. The molecule has 1 aromatic rings. The van der Waals surface area contributed by atoms with Gasteiger partial charge in [0, 0.05) is 30.3 Å². The van der Waals surface area contributed by atoms with E-state index in [1.807, 2.05) is 19.2 Å². The van der Waals surface area contributed by atoms with Gasteiger partial charge in [0.1, 0.15) is 0 Å². The van der Waals surface area contributed by atoms with Crippen LogP contribution in [-0.2, 0) is 11.8 Å². The molecule has 0 fully saturated rings. The molecule has 1 heterocycles. The number of hydrogen-bond donors (Lipinski definition) is 3. The van der Waals surface area contributed by atoms with Crippen LogP contribution in [0.5, 0.6) is 0 Å². The van der Waals surface area contributed by atoms with Crippen LogP contribution in [0.2, 0.25) is 0 Å². The summed E-state index contributed by atoms with van der Waals surface area (Å²) in [6.45, 7) is 12.8. The van der Waals surface area contributed by atoms with Crippen molar-refractivity contribution in [3.8, 4) is 0 Å². The Morgan fingerprint density at radius 1 is 1.32 bits per heavy atom. The van der Waals surface area contributed by atoms with Gasteiger partial charge in [0.25, 0.3) is 0 Å². The molecule has 0 aromatic carbocycles. The van der Waals surface area contributed by atoms with Crippen molar-refractivity contribution in [1.29, 1.82) is 0 Å². The topological polar surface area (TPSA) is 74.2 Å². The van der Waals surface area contributed by atoms with E-state index in [1.54, 1.807) is 18.3 Å². The lowest BCUT2D eigenvalue weighted by molar-refractivity contribution is 0.0166. The molecule has 1 unspecified atom stereocenters. The smallest absolute Gasteiger partial charge is 0.314 e. The van der Waals surface area contributed by atoms with Crippen LogP contribution >= 0.6 is 11.3 Å². The first kappa shape index (κ1) is 18.9. The molecule has 1 aromatic heterocycles. The Morgan fingerprint density at radius 3 is 2.45 bits per heavy atom. The molecule has 0 spiro atoms. The molecule has 22 heavy (non-hydrogen) atoms. The summed E-state index contributed by atoms with van der Waals surface area (Å²) >= 11 is 1.66. The summed E-state index contributed by atoms with van der Waals surface area (Å²) < 4.78 is 0. The molecular weight excluding hydrogens is 298 g/mol. The monoisotopic (exact) mass is 327 g/mol. The van der Waals surface area contributed by atoms with E-state index in [-0.39, 0.29) is 23.9 Å². The zero-order valence-corrected chi connectivity index (χ0v) is 15.3. The first-order chi connectivity index (χ1) is 10.0. The lowest BCUT2D eigenvalue weighted by Gasteiger charge is -2.27. The number of urea groups is 1. The van der Waals surface area contributed by atoms with E-state index in [2.05, 4.69) is 36.4 Å². The first-order valence-corrected chi connectivity index (χ1v) is 8.59. The van der Waals surface area contributed by atoms with Crippen LogP contribution in [0.3, 0.4) is 0 Å². The molecule has 0 bridgehead atoms. The van der Waals surface area contributed by atoms with E-state index >= 15 is 0 Å². The molecule has 5 nitrogen and oxygen atoms in total. The van der Waals surface area contributed by atoms with Crippen molar-refractivity contribution in [3.05, 3.63) is 16.1 Å². The molecule has 1 rings (SSSR count). The minimum atomic E-state index is -0.895. The number of aliphatic hydroxyl groups is 1. The molecular formula is C16H29N3O2S. The van der Waals surface area contributed by atoms with Gasteiger partial charge >= 0.3 is 6.03 Å². The highest BCUT2D eigenvalue weighted by atomic mass is 32.1. The third-order valence-electron chi connectivity index (χ3n) is 3.71. The summed E-state index contributed by atoms with van der Waals surface area (Å²) in [6.07, 6.45) is 0.709. The quantitative estimate of drug-likeness (QED) is 0.752. The maximum absolute atomic E-state index is 11.7. The molecule has 0 saturated heterocycles. The minimum absolute atomic E-state index is 0.0656. The fraction of sp³-hybridized carbons (Fsp3) is 0.750. The van der Waals surface area contributed by atoms with Crippen LogP contribution in [0.4, 0.5) is 4.79 Å². The molecule has 1 atom stereocenters. The van der Waals surface area contributed by atoms with Gasteiger partial charge in [-0.15, -0.1) is 11.3 Å². The number of hydrogen-bond acceptors (Lipinski definition) is 4. The lowest BCUT2D eigenvalue weighted by atomic mass is 9.93. The molecule has 126 valence electrons. The van der Waals surface area contributed by atoms with Gasteiger partial charge in [0.15, 0.2) is 0 Å². The second-order valence-electron chi connectivity index (χ2n) is 7.27. The van der Waals surface area contributed by atoms with E-state index in [0.29, 0.717) is 13.0 Å². The van der Waals surface area contributed by atoms with Crippen molar-refractivity contribution in [2.24, 2.45) is 5.92 Å². The number of rotatable bonds is 6. The minimum Gasteiger partial charge on any atom is -0.388 e. The number of amides is 2. The van der Waals surface area contributed by atoms with Gasteiger partial charge in [-0.2, -0.15) is 0 Å². The second-order valence-corrected chi connectivity index (χ2v) is 8.12. The highest BCUT2D eigenvalue weighted by Gasteiger charge is 2.25. The predicted molar refractivity (Wildman–Crippen MR) is 91.4 cm³/mol. The Kier molecular flexibility index (Phi) is 6.38. The van der Waals surface area contributed by atoms with E-state index in [4.69, 9.17) is 0 Å². The van der Waals surface area contributed by atoms with E-state index in [0.717, 1.165) is 10.7 Å². The number of nitrogens with one attached hydrogen (secondary N) is 2. The Bertz CT molecular complexity index is 490. The summed E-state index contributed by atoms with van der Waals surface area (Å²) in [5, 5.41) is 18.7. The van der Waals surface area contributed by atoms with Gasteiger partial charge in [-0.1, -0.05) is 34.6 Å². The largest absolute Gasteiger partial charge is 0.388 e. The fourth-order valence-corrected chi connectivity index (χ4v) is 2.54. The Labute approximate surface area is 137 Å². The maximum atomic E-state index is 11.7. The van der Waals surface area contributed by atoms with E-state index < -0.39 is 5.60 Å². The zero-order chi connectivity index (χ0) is 17.0. The van der Waals surface area contributed by atoms with Crippen LogP contribution in [0, 0.1) is 5.92 Å².